The molecular formula is C25H24ClN3O3. The monoisotopic (exact) mass is 449 g/mol. The van der Waals surface area contributed by atoms with Crippen molar-refractivity contribution in [3.05, 3.63) is 89.2 Å². The lowest BCUT2D eigenvalue weighted by Crippen LogP contribution is -2.25. The van der Waals surface area contributed by atoms with E-state index in [9.17, 15) is 4.79 Å². The van der Waals surface area contributed by atoms with Gasteiger partial charge in [0, 0.05) is 17.1 Å². The molecule has 0 fully saturated rings. The van der Waals surface area contributed by atoms with Gasteiger partial charge >= 0.3 is 0 Å². The highest BCUT2D eigenvalue weighted by Crippen LogP contribution is 2.26. The number of nitrogens with zero attached hydrogens (tertiary/aromatic N) is 2. The predicted octanol–water partition coefficient (Wildman–Crippen LogP) is 5.10. The molecule has 0 spiro atoms. The Hall–Kier alpha value is -3.51. The second-order valence-electron chi connectivity index (χ2n) is 7.21. The first-order valence-corrected chi connectivity index (χ1v) is 10.8. The molecule has 0 aliphatic rings. The number of methoxy groups -OCH3 is 1. The highest BCUT2D eigenvalue weighted by molar-refractivity contribution is 6.30. The number of aromatic nitrogens is 2. The molecule has 1 amide bonds. The minimum atomic E-state index is -0.167. The van der Waals surface area contributed by atoms with Crippen LogP contribution in [0.4, 0.5) is 0 Å². The van der Waals surface area contributed by atoms with Crippen molar-refractivity contribution >= 4 is 28.5 Å². The Balaban J connectivity index is 1.43. The smallest absolute Gasteiger partial charge is 0.251 e. The van der Waals surface area contributed by atoms with Gasteiger partial charge in [0.2, 0.25) is 0 Å². The number of hydrogen-bond acceptors (Lipinski definition) is 4. The molecule has 7 heteroatoms. The quantitative estimate of drug-likeness (QED) is 0.361. The maximum absolute atomic E-state index is 12.5. The van der Waals surface area contributed by atoms with Crippen molar-refractivity contribution in [2.75, 3.05) is 13.7 Å². The van der Waals surface area contributed by atoms with Gasteiger partial charge in [0.1, 0.15) is 5.82 Å². The van der Waals surface area contributed by atoms with Gasteiger partial charge in [-0.25, -0.2) is 4.98 Å². The van der Waals surface area contributed by atoms with Crippen molar-refractivity contribution in [2.45, 2.75) is 19.5 Å². The Morgan fingerprint density at radius 3 is 2.50 bits per heavy atom. The molecule has 1 N–H and O–H groups in total. The number of imidazole rings is 1. The van der Waals surface area contributed by atoms with E-state index in [4.69, 9.17) is 26.1 Å². The molecule has 6 nitrogen and oxygen atoms in total. The lowest BCUT2D eigenvalue weighted by molar-refractivity contribution is 0.0949. The highest BCUT2D eigenvalue weighted by Gasteiger charge is 2.13. The minimum absolute atomic E-state index is 0.167. The Labute approximate surface area is 191 Å². The van der Waals surface area contributed by atoms with Crippen LogP contribution in [0.3, 0.4) is 0 Å². The highest BCUT2D eigenvalue weighted by atomic mass is 35.5. The normalized spacial score (nSPS) is 10.8. The first kappa shape index (κ1) is 21.7. The van der Waals surface area contributed by atoms with E-state index in [1.54, 1.807) is 31.4 Å². The van der Waals surface area contributed by atoms with E-state index < -0.39 is 0 Å². The van der Waals surface area contributed by atoms with E-state index in [1.807, 2.05) is 48.5 Å². The standard InChI is InChI=1S/C25H24ClN3O3/c1-31-22-9-4-5-10-23(22)32-16-6-15-29-21-8-3-2-7-20(21)28-24(29)17-27-25(30)18-11-13-19(26)14-12-18/h2-5,7-14H,6,15-17H2,1H3,(H,27,30). The number of fused-ring (bicyclic) bond motifs is 1. The number of rotatable bonds is 9. The molecule has 0 bridgehead atoms. The number of benzene rings is 3. The predicted molar refractivity (Wildman–Crippen MR) is 125 cm³/mol. The number of amides is 1. The van der Waals surface area contributed by atoms with Crippen LogP contribution in [0.15, 0.2) is 72.8 Å². The summed E-state index contributed by atoms with van der Waals surface area (Å²) in [5, 5.41) is 3.55. The van der Waals surface area contributed by atoms with Gasteiger partial charge in [0.05, 0.1) is 31.3 Å². The summed E-state index contributed by atoms with van der Waals surface area (Å²) in [7, 11) is 1.63. The van der Waals surface area contributed by atoms with Gasteiger partial charge < -0.3 is 19.4 Å². The van der Waals surface area contributed by atoms with Crippen LogP contribution < -0.4 is 14.8 Å². The van der Waals surface area contributed by atoms with Gasteiger partial charge in [0.15, 0.2) is 11.5 Å². The molecule has 0 saturated carbocycles. The molecule has 0 aliphatic heterocycles. The van der Waals surface area contributed by atoms with Crippen molar-refractivity contribution in [2.24, 2.45) is 0 Å². The molecule has 32 heavy (non-hydrogen) atoms. The average molecular weight is 450 g/mol. The Morgan fingerprint density at radius 2 is 1.72 bits per heavy atom. The lowest BCUT2D eigenvalue weighted by atomic mass is 10.2. The van der Waals surface area contributed by atoms with Crippen molar-refractivity contribution in [1.29, 1.82) is 0 Å². The molecule has 1 aromatic heterocycles. The summed E-state index contributed by atoms with van der Waals surface area (Å²) in [6, 6.07) is 22.4. The second kappa shape index (κ2) is 10.2. The molecule has 0 radical (unpaired) electrons. The number of hydrogen-bond donors (Lipinski definition) is 1. The van der Waals surface area contributed by atoms with Gasteiger partial charge in [-0.3, -0.25) is 4.79 Å². The number of carbonyl (C=O) groups is 1. The summed E-state index contributed by atoms with van der Waals surface area (Å²) in [5.41, 5.74) is 2.48. The van der Waals surface area contributed by atoms with Crippen LogP contribution in [0.25, 0.3) is 11.0 Å². The van der Waals surface area contributed by atoms with Crippen molar-refractivity contribution in [3.8, 4) is 11.5 Å². The molecule has 0 aliphatic carbocycles. The van der Waals surface area contributed by atoms with Crippen LogP contribution in [0.1, 0.15) is 22.6 Å². The molecule has 3 aromatic carbocycles. The van der Waals surface area contributed by atoms with Crippen LogP contribution in [-0.2, 0) is 13.1 Å². The third-order valence-corrected chi connectivity index (χ3v) is 5.35. The third-order valence-electron chi connectivity index (χ3n) is 5.10. The fourth-order valence-corrected chi connectivity index (χ4v) is 3.64. The fourth-order valence-electron chi connectivity index (χ4n) is 3.52. The zero-order valence-electron chi connectivity index (χ0n) is 17.8. The lowest BCUT2D eigenvalue weighted by Gasteiger charge is -2.12. The minimum Gasteiger partial charge on any atom is -0.493 e. The zero-order valence-corrected chi connectivity index (χ0v) is 18.5. The Bertz CT molecular complexity index is 1200. The van der Waals surface area contributed by atoms with Gasteiger partial charge in [-0.15, -0.1) is 0 Å². The molecule has 0 saturated heterocycles. The van der Waals surface area contributed by atoms with Crippen LogP contribution in [0.2, 0.25) is 5.02 Å². The first-order valence-electron chi connectivity index (χ1n) is 10.4. The summed E-state index contributed by atoms with van der Waals surface area (Å²) in [5.74, 6) is 2.07. The number of nitrogens with one attached hydrogen (secondary N) is 1. The largest absolute Gasteiger partial charge is 0.493 e. The summed E-state index contributed by atoms with van der Waals surface area (Å²) in [6.07, 6.45) is 0.774. The Kier molecular flexibility index (Phi) is 6.92. The number of carbonyl (C=O) groups excluding carboxylic acids is 1. The summed E-state index contributed by atoms with van der Waals surface area (Å²) in [4.78, 5) is 17.2. The van der Waals surface area contributed by atoms with E-state index >= 15 is 0 Å². The topological polar surface area (TPSA) is 65.4 Å². The van der Waals surface area contributed by atoms with Crippen LogP contribution in [-0.4, -0.2) is 29.2 Å². The van der Waals surface area contributed by atoms with Crippen molar-refractivity contribution in [1.82, 2.24) is 14.9 Å². The number of ether oxygens (including phenoxy) is 2. The molecule has 4 aromatic rings. The van der Waals surface area contributed by atoms with Gasteiger partial charge in [-0.05, 0) is 55.0 Å². The number of halogens is 1. The molecule has 0 unspecified atom stereocenters. The molecule has 0 atom stereocenters. The SMILES string of the molecule is COc1ccccc1OCCCn1c(CNC(=O)c2ccc(Cl)cc2)nc2ccccc21. The van der Waals surface area contributed by atoms with Gasteiger partial charge in [-0.2, -0.15) is 0 Å². The van der Waals surface area contributed by atoms with Crippen LogP contribution in [0.5, 0.6) is 11.5 Å². The molecule has 1 heterocycles. The van der Waals surface area contributed by atoms with Crippen molar-refractivity contribution in [3.63, 3.8) is 0 Å². The summed E-state index contributed by atoms with van der Waals surface area (Å²) in [6.45, 7) is 1.56. The average Bonchev–Trinajstić information content (AvgIpc) is 3.18. The molecule has 164 valence electrons. The maximum atomic E-state index is 12.5. The Morgan fingerprint density at radius 1 is 1.00 bits per heavy atom. The number of para-hydroxylation sites is 4. The van der Waals surface area contributed by atoms with Gasteiger partial charge in [-0.1, -0.05) is 35.9 Å². The van der Waals surface area contributed by atoms with Crippen LogP contribution in [0, 0.1) is 0 Å². The van der Waals surface area contributed by atoms with Crippen LogP contribution >= 0.6 is 11.6 Å². The first-order chi connectivity index (χ1) is 15.7. The summed E-state index contributed by atoms with van der Waals surface area (Å²) < 4.78 is 13.4. The molecular weight excluding hydrogens is 426 g/mol. The second-order valence-corrected chi connectivity index (χ2v) is 7.65. The zero-order chi connectivity index (χ0) is 22.3. The van der Waals surface area contributed by atoms with E-state index in [2.05, 4.69) is 9.88 Å². The van der Waals surface area contributed by atoms with E-state index in [0.29, 0.717) is 36.0 Å². The third kappa shape index (κ3) is 5.03. The van der Waals surface area contributed by atoms with E-state index in [-0.39, 0.29) is 5.91 Å². The maximum Gasteiger partial charge on any atom is 0.251 e. The van der Waals surface area contributed by atoms with Crippen molar-refractivity contribution < 1.29 is 14.3 Å². The molecule has 4 rings (SSSR count). The van der Waals surface area contributed by atoms with E-state index in [0.717, 1.165) is 29.0 Å². The van der Waals surface area contributed by atoms with E-state index in [1.165, 1.54) is 0 Å². The fraction of sp³-hybridized carbons (Fsp3) is 0.200. The van der Waals surface area contributed by atoms with Gasteiger partial charge in [0.25, 0.3) is 5.91 Å². The summed E-state index contributed by atoms with van der Waals surface area (Å²) >= 11 is 5.91. The number of aryl methyl sites for hydroxylation is 1.